The van der Waals surface area contributed by atoms with Crippen LogP contribution in [-0.2, 0) is 0 Å². The molecular weight excluding hydrogens is 797 g/mol. The topological polar surface area (TPSA) is 25.8 Å². The Hall–Kier alpha value is -8.72. The SMILES string of the molecule is c1ccc(-c2cccc(-c3cc(-c4ccccc4)nc(-c4cccc(-c5c(-c6ccccc6)c(-c6ccccc6)c(-c6ccccc6)c(-c6ccccc6)c5-c5ccccc5)c4)n3)c2)cc1. The van der Waals surface area contributed by atoms with Crippen molar-refractivity contribution in [3.63, 3.8) is 0 Å². The fraction of sp³-hybridized carbons (Fsp3) is 0. The number of rotatable bonds is 10. The van der Waals surface area contributed by atoms with Gasteiger partial charge in [-0.25, -0.2) is 9.97 Å². The maximum Gasteiger partial charge on any atom is 0.160 e. The van der Waals surface area contributed by atoms with Gasteiger partial charge < -0.3 is 0 Å². The monoisotopic (exact) mass is 840 g/mol. The lowest BCUT2D eigenvalue weighted by Gasteiger charge is -2.29. The van der Waals surface area contributed by atoms with Crippen LogP contribution in [-0.4, -0.2) is 9.97 Å². The van der Waals surface area contributed by atoms with Gasteiger partial charge in [-0.2, -0.15) is 0 Å². The van der Waals surface area contributed by atoms with E-state index in [1.807, 2.05) is 6.07 Å². The quantitative estimate of drug-likeness (QED) is 0.137. The lowest BCUT2D eigenvalue weighted by atomic mass is 9.74. The largest absolute Gasteiger partial charge is 0.228 e. The molecule has 0 aliphatic carbocycles. The minimum atomic E-state index is 0.660. The summed E-state index contributed by atoms with van der Waals surface area (Å²) >= 11 is 0. The molecule has 0 aliphatic heterocycles. The Kier molecular flexibility index (Phi) is 11.0. The van der Waals surface area contributed by atoms with Gasteiger partial charge >= 0.3 is 0 Å². The Balaban J connectivity index is 1.24. The Morgan fingerprint density at radius 2 is 0.424 bits per heavy atom. The summed E-state index contributed by atoms with van der Waals surface area (Å²) in [5, 5.41) is 0. The van der Waals surface area contributed by atoms with E-state index in [0.717, 1.165) is 89.3 Å². The molecule has 2 nitrogen and oxygen atoms in total. The maximum atomic E-state index is 5.40. The van der Waals surface area contributed by atoms with E-state index in [-0.39, 0.29) is 0 Å². The Labute approximate surface area is 386 Å². The van der Waals surface area contributed by atoms with Gasteiger partial charge in [-0.3, -0.25) is 0 Å². The van der Waals surface area contributed by atoms with E-state index in [1.165, 1.54) is 16.7 Å². The Bertz CT molecular complexity index is 3300. The molecule has 11 aromatic rings. The first-order valence-corrected chi connectivity index (χ1v) is 22.5. The van der Waals surface area contributed by atoms with E-state index in [2.05, 4.69) is 261 Å². The van der Waals surface area contributed by atoms with Crippen molar-refractivity contribution >= 4 is 0 Å². The average Bonchev–Trinajstić information content (AvgIpc) is 3.41. The lowest BCUT2D eigenvalue weighted by molar-refractivity contribution is 1.18. The van der Waals surface area contributed by atoms with Crippen molar-refractivity contribution in [3.8, 4) is 112 Å². The van der Waals surface area contributed by atoms with Crippen LogP contribution in [0.5, 0.6) is 0 Å². The second kappa shape index (κ2) is 18.2. The first-order chi connectivity index (χ1) is 32.8. The predicted octanol–water partition coefficient (Wildman–Crippen LogP) is 17.1. The maximum absolute atomic E-state index is 5.40. The number of hydrogen-bond donors (Lipinski definition) is 0. The molecule has 0 aliphatic rings. The van der Waals surface area contributed by atoms with Gasteiger partial charge in [0, 0.05) is 16.7 Å². The van der Waals surface area contributed by atoms with Crippen molar-refractivity contribution in [3.05, 3.63) is 267 Å². The van der Waals surface area contributed by atoms with Crippen LogP contribution in [0, 0.1) is 0 Å². The van der Waals surface area contributed by atoms with Gasteiger partial charge in [-0.1, -0.05) is 249 Å². The van der Waals surface area contributed by atoms with Crippen LogP contribution >= 0.6 is 0 Å². The fourth-order valence-electron chi connectivity index (χ4n) is 9.29. The molecular formula is C64H44N2. The highest BCUT2D eigenvalue weighted by atomic mass is 14.9. The van der Waals surface area contributed by atoms with Crippen LogP contribution < -0.4 is 0 Å². The summed E-state index contributed by atoms with van der Waals surface area (Å²) < 4.78 is 0. The first-order valence-electron chi connectivity index (χ1n) is 22.5. The molecule has 11 rings (SSSR count). The minimum absolute atomic E-state index is 0.660. The van der Waals surface area contributed by atoms with Crippen LogP contribution in [0.2, 0.25) is 0 Å². The zero-order valence-corrected chi connectivity index (χ0v) is 36.3. The summed E-state index contributed by atoms with van der Waals surface area (Å²) in [4.78, 5) is 10.8. The van der Waals surface area contributed by atoms with Gasteiger partial charge in [0.25, 0.3) is 0 Å². The van der Waals surface area contributed by atoms with E-state index in [4.69, 9.17) is 9.97 Å². The molecule has 0 saturated carbocycles. The second-order valence-corrected chi connectivity index (χ2v) is 16.4. The number of aromatic nitrogens is 2. The van der Waals surface area contributed by atoms with E-state index < -0.39 is 0 Å². The fourth-order valence-corrected chi connectivity index (χ4v) is 9.29. The van der Waals surface area contributed by atoms with Gasteiger partial charge in [-0.15, -0.1) is 0 Å². The zero-order chi connectivity index (χ0) is 44.1. The molecule has 0 radical (unpaired) electrons. The van der Waals surface area contributed by atoms with E-state index in [0.29, 0.717) is 5.82 Å². The summed E-state index contributed by atoms with van der Waals surface area (Å²) in [6, 6.07) is 95.1. The molecule has 310 valence electrons. The van der Waals surface area contributed by atoms with E-state index in [1.54, 1.807) is 0 Å². The highest BCUT2D eigenvalue weighted by Gasteiger charge is 2.29. The van der Waals surface area contributed by atoms with Crippen molar-refractivity contribution in [2.24, 2.45) is 0 Å². The number of hydrogen-bond acceptors (Lipinski definition) is 2. The molecule has 0 N–H and O–H groups in total. The lowest BCUT2D eigenvalue weighted by Crippen LogP contribution is -2.02. The van der Waals surface area contributed by atoms with E-state index >= 15 is 0 Å². The summed E-state index contributed by atoms with van der Waals surface area (Å²) in [6.07, 6.45) is 0. The van der Waals surface area contributed by atoms with Crippen molar-refractivity contribution in [1.82, 2.24) is 9.97 Å². The zero-order valence-electron chi connectivity index (χ0n) is 36.3. The third-order valence-electron chi connectivity index (χ3n) is 12.3. The number of nitrogens with zero attached hydrogens (tertiary/aromatic N) is 2. The standard InChI is InChI=1S/C64H44N2/c1-8-24-45(25-9-1)52-38-22-39-53(42-52)57-44-56(46-26-10-2-11-27-46)65-64(66-57)55-41-23-40-54(43-55)63-61(50-34-18-6-19-35-50)59(48-30-14-4-15-31-48)58(47-28-12-3-13-29-47)60(49-32-16-5-17-33-49)62(63)51-36-20-7-21-37-51/h1-44H. The second-order valence-electron chi connectivity index (χ2n) is 16.4. The molecule has 0 unspecified atom stereocenters. The van der Waals surface area contributed by atoms with Crippen molar-refractivity contribution in [1.29, 1.82) is 0 Å². The Morgan fingerprint density at radius 3 is 0.818 bits per heavy atom. The summed E-state index contributed by atoms with van der Waals surface area (Å²) in [6.45, 7) is 0. The van der Waals surface area contributed by atoms with E-state index in [9.17, 15) is 0 Å². The van der Waals surface area contributed by atoms with Gasteiger partial charge in [-0.05, 0) is 96.1 Å². The molecule has 0 fully saturated rings. The van der Waals surface area contributed by atoms with Crippen LogP contribution in [0.3, 0.4) is 0 Å². The van der Waals surface area contributed by atoms with Gasteiger partial charge in [0.15, 0.2) is 5.82 Å². The van der Waals surface area contributed by atoms with Crippen LogP contribution in [0.25, 0.3) is 112 Å². The van der Waals surface area contributed by atoms with Gasteiger partial charge in [0.1, 0.15) is 0 Å². The van der Waals surface area contributed by atoms with Gasteiger partial charge in [0.05, 0.1) is 11.4 Å². The minimum Gasteiger partial charge on any atom is -0.228 e. The molecule has 0 saturated heterocycles. The molecule has 0 spiro atoms. The summed E-state index contributed by atoms with van der Waals surface area (Å²) in [7, 11) is 0. The molecule has 0 amide bonds. The molecule has 0 bridgehead atoms. The molecule has 1 aromatic heterocycles. The van der Waals surface area contributed by atoms with Crippen molar-refractivity contribution in [2.45, 2.75) is 0 Å². The Morgan fingerprint density at radius 1 is 0.167 bits per heavy atom. The van der Waals surface area contributed by atoms with Crippen molar-refractivity contribution in [2.75, 3.05) is 0 Å². The van der Waals surface area contributed by atoms with Crippen LogP contribution in [0.1, 0.15) is 0 Å². The molecule has 0 atom stereocenters. The normalized spacial score (nSPS) is 11.0. The smallest absolute Gasteiger partial charge is 0.160 e. The van der Waals surface area contributed by atoms with Crippen LogP contribution in [0.4, 0.5) is 0 Å². The van der Waals surface area contributed by atoms with Gasteiger partial charge in [0.2, 0.25) is 0 Å². The number of benzene rings is 10. The first kappa shape index (κ1) is 40.1. The third kappa shape index (κ3) is 7.93. The highest BCUT2D eigenvalue weighted by Crippen LogP contribution is 2.56. The summed E-state index contributed by atoms with van der Waals surface area (Å²) in [5.41, 5.74) is 20.8. The predicted molar refractivity (Wildman–Crippen MR) is 276 cm³/mol. The third-order valence-corrected chi connectivity index (χ3v) is 12.3. The molecule has 10 aromatic carbocycles. The highest BCUT2D eigenvalue weighted by molar-refractivity contribution is 6.15. The van der Waals surface area contributed by atoms with Crippen LogP contribution in [0.15, 0.2) is 267 Å². The molecule has 2 heteroatoms. The van der Waals surface area contributed by atoms with Crippen molar-refractivity contribution < 1.29 is 0 Å². The average molecular weight is 841 g/mol. The molecule has 66 heavy (non-hydrogen) atoms. The molecule has 1 heterocycles. The summed E-state index contributed by atoms with van der Waals surface area (Å²) in [5.74, 6) is 0.660.